The minimum atomic E-state index is -1.02. The molecule has 130 valence electrons. The highest BCUT2D eigenvalue weighted by atomic mass is 16.4. The third kappa shape index (κ3) is 3.83. The standard InChI is InChI=1S/C23H20O3/c1-15-4-3-5-17(12-15)21-9-6-18(13-16(21)2)22-10-8-20(24)14-19(22)7-11-23(25)26/h3-14,24H,1-2H3,(H,25,26)/b11-7+. The molecule has 0 saturated heterocycles. The molecule has 0 atom stereocenters. The summed E-state index contributed by atoms with van der Waals surface area (Å²) >= 11 is 0. The Kier molecular flexibility index (Phi) is 4.90. The molecule has 0 aromatic heterocycles. The van der Waals surface area contributed by atoms with Crippen LogP contribution in [0.2, 0.25) is 0 Å². The van der Waals surface area contributed by atoms with Gasteiger partial charge in [-0.25, -0.2) is 4.79 Å². The Morgan fingerprint density at radius 2 is 1.62 bits per heavy atom. The number of carbonyl (C=O) groups is 1. The lowest BCUT2D eigenvalue weighted by Crippen LogP contribution is -1.90. The Bertz CT molecular complexity index is 1000. The topological polar surface area (TPSA) is 57.5 Å². The van der Waals surface area contributed by atoms with Crippen LogP contribution < -0.4 is 0 Å². The SMILES string of the molecule is Cc1cccc(-c2ccc(-c3ccc(O)cc3/C=C/C(=O)O)cc2C)c1. The highest BCUT2D eigenvalue weighted by molar-refractivity contribution is 5.88. The lowest BCUT2D eigenvalue weighted by atomic mass is 9.93. The van der Waals surface area contributed by atoms with E-state index in [4.69, 9.17) is 5.11 Å². The van der Waals surface area contributed by atoms with Crippen molar-refractivity contribution >= 4 is 12.0 Å². The lowest BCUT2D eigenvalue weighted by Gasteiger charge is -2.12. The molecule has 0 fully saturated rings. The van der Waals surface area contributed by atoms with Gasteiger partial charge in [-0.3, -0.25) is 0 Å². The number of rotatable bonds is 4. The van der Waals surface area contributed by atoms with Crippen LogP contribution in [-0.2, 0) is 4.79 Å². The van der Waals surface area contributed by atoms with Gasteiger partial charge in [0.1, 0.15) is 5.75 Å². The summed E-state index contributed by atoms with van der Waals surface area (Å²) in [6.07, 6.45) is 2.58. The van der Waals surface area contributed by atoms with Crippen LogP contribution in [0.1, 0.15) is 16.7 Å². The van der Waals surface area contributed by atoms with E-state index in [1.165, 1.54) is 22.8 Å². The Morgan fingerprint density at radius 1 is 0.885 bits per heavy atom. The molecular formula is C23H20O3. The van der Waals surface area contributed by atoms with Crippen LogP contribution in [0.3, 0.4) is 0 Å². The molecule has 0 bridgehead atoms. The normalized spacial score (nSPS) is 11.0. The molecule has 0 aliphatic heterocycles. The molecule has 0 spiro atoms. The van der Waals surface area contributed by atoms with E-state index in [1.807, 2.05) is 12.1 Å². The fraction of sp³-hybridized carbons (Fsp3) is 0.0870. The van der Waals surface area contributed by atoms with Crippen LogP contribution in [-0.4, -0.2) is 16.2 Å². The minimum Gasteiger partial charge on any atom is -0.508 e. The van der Waals surface area contributed by atoms with Gasteiger partial charge >= 0.3 is 5.97 Å². The number of phenolic OH excluding ortho intramolecular Hbond substituents is 1. The molecule has 3 nitrogen and oxygen atoms in total. The summed E-state index contributed by atoms with van der Waals surface area (Å²) < 4.78 is 0. The molecule has 26 heavy (non-hydrogen) atoms. The number of benzene rings is 3. The second kappa shape index (κ2) is 7.28. The third-order valence-corrected chi connectivity index (χ3v) is 4.31. The Hall–Kier alpha value is -3.33. The fourth-order valence-corrected chi connectivity index (χ4v) is 3.08. The van der Waals surface area contributed by atoms with E-state index in [0.717, 1.165) is 22.8 Å². The number of phenols is 1. The van der Waals surface area contributed by atoms with Crippen molar-refractivity contribution in [3.63, 3.8) is 0 Å². The van der Waals surface area contributed by atoms with Crippen LogP contribution in [0.25, 0.3) is 28.3 Å². The van der Waals surface area contributed by atoms with Crippen LogP contribution in [0.15, 0.2) is 66.7 Å². The summed E-state index contributed by atoms with van der Waals surface area (Å²) in [6.45, 7) is 4.14. The average molecular weight is 344 g/mol. The van der Waals surface area contributed by atoms with Gasteiger partial charge in [-0.15, -0.1) is 0 Å². The highest BCUT2D eigenvalue weighted by Gasteiger charge is 2.08. The molecule has 0 amide bonds. The minimum absolute atomic E-state index is 0.104. The van der Waals surface area contributed by atoms with Crippen molar-refractivity contribution in [1.29, 1.82) is 0 Å². The molecule has 3 heteroatoms. The van der Waals surface area contributed by atoms with Gasteiger partial charge in [-0.2, -0.15) is 0 Å². The van der Waals surface area contributed by atoms with Crippen molar-refractivity contribution in [2.75, 3.05) is 0 Å². The largest absolute Gasteiger partial charge is 0.508 e. The van der Waals surface area contributed by atoms with Gasteiger partial charge < -0.3 is 10.2 Å². The van der Waals surface area contributed by atoms with Crippen LogP contribution in [0.4, 0.5) is 0 Å². The number of hydrogen-bond donors (Lipinski definition) is 2. The lowest BCUT2D eigenvalue weighted by molar-refractivity contribution is -0.131. The van der Waals surface area contributed by atoms with Crippen molar-refractivity contribution in [1.82, 2.24) is 0 Å². The zero-order valence-electron chi connectivity index (χ0n) is 14.7. The quantitative estimate of drug-likeness (QED) is 0.620. The van der Waals surface area contributed by atoms with Crippen molar-refractivity contribution in [3.8, 4) is 28.0 Å². The van der Waals surface area contributed by atoms with Gasteiger partial charge in [0.2, 0.25) is 0 Å². The first-order chi connectivity index (χ1) is 12.4. The predicted octanol–water partition coefficient (Wildman–Crippen LogP) is 5.44. The van der Waals surface area contributed by atoms with Gasteiger partial charge in [0, 0.05) is 6.08 Å². The number of aromatic hydroxyl groups is 1. The van der Waals surface area contributed by atoms with Gasteiger partial charge in [0.25, 0.3) is 0 Å². The Morgan fingerprint density at radius 3 is 2.31 bits per heavy atom. The summed E-state index contributed by atoms with van der Waals surface area (Å²) in [7, 11) is 0. The van der Waals surface area contributed by atoms with Crippen LogP contribution in [0, 0.1) is 13.8 Å². The van der Waals surface area contributed by atoms with Crippen molar-refractivity contribution in [2.24, 2.45) is 0 Å². The number of aliphatic carboxylic acids is 1. The maximum Gasteiger partial charge on any atom is 0.328 e. The zero-order valence-corrected chi connectivity index (χ0v) is 14.7. The summed E-state index contributed by atoms with van der Waals surface area (Å²) in [5.74, 6) is -0.919. The summed E-state index contributed by atoms with van der Waals surface area (Å²) in [4.78, 5) is 10.8. The summed E-state index contributed by atoms with van der Waals surface area (Å²) in [5, 5.41) is 18.6. The predicted molar refractivity (Wildman–Crippen MR) is 105 cm³/mol. The van der Waals surface area contributed by atoms with E-state index in [0.29, 0.717) is 5.56 Å². The molecule has 0 aliphatic carbocycles. The van der Waals surface area contributed by atoms with E-state index >= 15 is 0 Å². The maximum absolute atomic E-state index is 10.8. The van der Waals surface area contributed by atoms with Gasteiger partial charge in [-0.1, -0.05) is 54.1 Å². The van der Waals surface area contributed by atoms with E-state index in [-0.39, 0.29) is 5.75 Å². The van der Waals surface area contributed by atoms with Gasteiger partial charge in [-0.05, 0) is 65.4 Å². The van der Waals surface area contributed by atoms with Gasteiger partial charge in [0.05, 0.1) is 0 Å². The first-order valence-electron chi connectivity index (χ1n) is 8.36. The number of hydrogen-bond acceptors (Lipinski definition) is 2. The average Bonchev–Trinajstić information content (AvgIpc) is 2.60. The number of aryl methyl sites for hydroxylation is 2. The maximum atomic E-state index is 10.8. The molecule has 0 radical (unpaired) electrons. The second-order valence-electron chi connectivity index (χ2n) is 6.34. The van der Waals surface area contributed by atoms with Crippen molar-refractivity contribution in [2.45, 2.75) is 13.8 Å². The third-order valence-electron chi connectivity index (χ3n) is 4.31. The van der Waals surface area contributed by atoms with Crippen molar-refractivity contribution < 1.29 is 15.0 Å². The smallest absolute Gasteiger partial charge is 0.328 e. The van der Waals surface area contributed by atoms with Gasteiger partial charge in [0.15, 0.2) is 0 Å². The molecule has 3 rings (SSSR count). The monoisotopic (exact) mass is 344 g/mol. The molecule has 3 aromatic rings. The van der Waals surface area contributed by atoms with E-state index in [2.05, 4.69) is 44.2 Å². The molecule has 3 aromatic carbocycles. The zero-order chi connectivity index (χ0) is 18.7. The van der Waals surface area contributed by atoms with Crippen LogP contribution >= 0.6 is 0 Å². The van der Waals surface area contributed by atoms with Crippen molar-refractivity contribution in [3.05, 3.63) is 83.4 Å². The number of carboxylic acids is 1. The first-order valence-corrected chi connectivity index (χ1v) is 8.36. The van der Waals surface area contributed by atoms with E-state index < -0.39 is 5.97 Å². The van der Waals surface area contributed by atoms with E-state index in [1.54, 1.807) is 18.2 Å². The molecule has 0 heterocycles. The molecule has 0 unspecified atom stereocenters. The Balaban J connectivity index is 2.06. The number of carboxylic acid groups (broad SMARTS) is 1. The first kappa shape index (κ1) is 17.5. The molecule has 0 aliphatic rings. The van der Waals surface area contributed by atoms with E-state index in [9.17, 15) is 9.90 Å². The second-order valence-corrected chi connectivity index (χ2v) is 6.34. The molecular weight excluding hydrogens is 324 g/mol. The fourth-order valence-electron chi connectivity index (χ4n) is 3.08. The Labute approximate surface area is 152 Å². The molecule has 0 saturated carbocycles. The summed E-state index contributed by atoms with van der Waals surface area (Å²) in [6, 6.07) is 19.5. The van der Waals surface area contributed by atoms with Crippen LogP contribution in [0.5, 0.6) is 5.75 Å². The highest BCUT2D eigenvalue weighted by Crippen LogP contribution is 2.32. The summed E-state index contributed by atoms with van der Waals surface area (Å²) in [5.41, 5.74) is 7.20. The molecule has 2 N–H and O–H groups in total.